The molecule has 38 heavy (non-hydrogen) atoms. The molecule has 190 valence electrons. The van der Waals surface area contributed by atoms with Crippen LogP contribution in [0.4, 0.5) is 17.6 Å². The molecule has 2 heterocycles. The second kappa shape index (κ2) is 8.81. The lowest BCUT2D eigenvalue weighted by Crippen LogP contribution is -2.24. The topological polar surface area (TPSA) is 88.2 Å². The van der Waals surface area contributed by atoms with Gasteiger partial charge in [0.2, 0.25) is 0 Å². The number of nitrogens with two attached hydrogens (primary N) is 1. The molecule has 0 spiro atoms. The van der Waals surface area contributed by atoms with Gasteiger partial charge in [-0.3, -0.25) is 10.2 Å². The summed E-state index contributed by atoms with van der Waals surface area (Å²) < 4.78 is 62.4. The van der Waals surface area contributed by atoms with Gasteiger partial charge in [-0.25, -0.2) is 17.6 Å². The van der Waals surface area contributed by atoms with Crippen molar-refractivity contribution in [3.8, 4) is 11.1 Å². The van der Waals surface area contributed by atoms with Crippen LogP contribution >= 0.6 is 0 Å². The second-order valence-electron chi connectivity index (χ2n) is 9.23. The Kier molecular flexibility index (Phi) is 5.53. The van der Waals surface area contributed by atoms with E-state index in [4.69, 9.17) is 15.9 Å². The van der Waals surface area contributed by atoms with Crippen LogP contribution in [0.5, 0.6) is 0 Å². The van der Waals surface area contributed by atoms with Crippen LogP contribution in [0, 0.1) is 28.7 Å². The number of halogens is 4. The van der Waals surface area contributed by atoms with Gasteiger partial charge < -0.3 is 15.8 Å². The molecule has 4 aromatic rings. The minimum atomic E-state index is -0.854. The lowest BCUT2D eigenvalue weighted by atomic mass is 9.83. The van der Waals surface area contributed by atoms with E-state index in [0.717, 1.165) is 40.5 Å². The van der Waals surface area contributed by atoms with E-state index in [1.165, 1.54) is 12.1 Å². The maximum atomic E-state index is 14.4. The first-order valence-corrected chi connectivity index (χ1v) is 11.7. The lowest BCUT2D eigenvalue weighted by Gasteiger charge is -2.18. The summed E-state index contributed by atoms with van der Waals surface area (Å²) in [7, 11) is 0. The molecule has 6 rings (SSSR count). The second-order valence-corrected chi connectivity index (χ2v) is 9.23. The quantitative estimate of drug-likeness (QED) is 0.182. The van der Waals surface area contributed by atoms with Gasteiger partial charge in [0, 0.05) is 29.3 Å². The number of amidine groups is 1. The van der Waals surface area contributed by atoms with Crippen molar-refractivity contribution in [2.45, 2.75) is 18.8 Å². The highest BCUT2D eigenvalue weighted by Gasteiger charge is 2.43. The van der Waals surface area contributed by atoms with E-state index in [0.29, 0.717) is 11.1 Å². The first-order chi connectivity index (χ1) is 18.2. The van der Waals surface area contributed by atoms with Crippen molar-refractivity contribution in [2.75, 3.05) is 0 Å². The zero-order valence-corrected chi connectivity index (χ0v) is 19.6. The maximum Gasteiger partial charge on any atom is 0.251 e. The average Bonchev–Trinajstić information content (AvgIpc) is 3.45. The van der Waals surface area contributed by atoms with Crippen molar-refractivity contribution < 1.29 is 27.1 Å². The molecular weight excluding hydrogens is 498 g/mol. The summed E-state index contributed by atoms with van der Waals surface area (Å²) >= 11 is 0. The Morgan fingerprint density at radius 2 is 1.53 bits per heavy atom. The first kappa shape index (κ1) is 23.9. The molecule has 4 aromatic carbocycles. The molecule has 0 saturated carbocycles. The maximum absolute atomic E-state index is 14.4. The fraction of sp³-hybridized carbons (Fsp3) is 0.103. The van der Waals surface area contributed by atoms with Crippen LogP contribution in [-0.4, -0.2) is 11.7 Å². The number of benzene rings is 4. The van der Waals surface area contributed by atoms with Crippen molar-refractivity contribution in [2.24, 2.45) is 5.73 Å². The Morgan fingerprint density at radius 1 is 0.816 bits per heavy atom. The molecule has 0 unspecified atom stereocenters. The Morgan fingerprint density at radius 3 is 2.26 bits per heavy atom. The SMILES string of the molecule is N=C(N)c1cc(F)c(CNC(=O)c2ccc3c(c2)[C@@H]2O[C@H]3c3ccc(-c4ccc(F)cc4F)cc32)cc1F. The molecule has 0 aliphatic carbocycles. The number of ether oxygens (including phenoxy) is 1. The normalized spacial score (nSPS) is 16.7. The molecule has 1 amide bonds. The molecule has 2 aliphatic heterocycles. The van der Waals surface area contributed by atoms with E-state index in [-0.39, 0.29) is 29.3 Å². The summed E-state index contributed by atoms with van der Waals surface area (Å²) in [5.74, 6) is -4.05. The summed E-state index contributed by atoms with van der Waals surface area (Å²) in [5.41, 5.74) is 9.45. The van der Waals surface area contributed by atoms with Crippen molar-refractivity contribution in [1.82, 2.24) is 5.32 Å². The van der Waals surface area contributed by atoms with Crippen LogP contribution in [0.2, 0.25) is 0 Å². The van der Waals surface area contributed by atoms with Gasteiger partial charge in [-0.15, -0.1) is 0 Å². The number of amides is 1. The predicted molar refractivity (Wildman–Crippen MR) is 132 cm³/mol. The van der Waals surface area contributed by atoms with Crippen LogP contribution in [0.1, 0.15) is 55.9 Å². The molecule has 2 aliphatic rings. The third kappa shape index (κ3) is 3.83. The van der Waals surface area contributed by atoms with Crippen LogP contribution < -0.4 is 11.1 Å². The number of carbonyl (C=O) groups is 1. The largest absolute Gasteiger partial charge is 0.384 e. The van der Waals surface area contributed by atoms with E-state index >= 15 is 0 Å². The summed E-state index contributed by atoms with van der Waals surface area (Å²) in [6, 6.07) is 15.7. The van der Waals surface area contributed by atoms with Gasteiger partial charge in [0.1, 0.15) is 41.3 Å². The molecule has 5 nitrogen and oxygen atoms in total. The Bertz CT molecular complexity index is 1670. The van der Waals surface area contributed by atoms with Crippen LogP contribution in [0.3, 0.4) is 0 Å². The van der Waals surface area contributed by atoms with Gasteiger partial charge in [-0.05, 0) is 70.3 Å². The number of nitrogen functional groups attached to an aromatic ring is 1. The molecule has 4 N–H and O–H groups in total. The number of carbonyl (C=O) groups excluding carboxylic acids is 1. The fourth-order valence-corrected chi connectivity index (χ4v) is 5.09. The van der Waals surface area contributed by atoms with Gasteiger partial charge in [0.05, 0.1) is 5.56 Å². The smallest absolute Gasteiger partial charge is 0.251 e. The third-order valence-electron chi connectivity index (χ3n) is 6.95. The standard InChI is InChI=1S/C29H19F4N3O2/c30-16-3-6-17(25(33)10-16)13-1-4-18-20(7-13)27-21-8-14(2-5-19(21)26(18)38-27)29(37)36-12-15-9-24(32)22(28(34)35)11-23(15)31/h1-11,26-27H,12H2,(H3,34,35)(H,36,37)/t26-,27+/m0/s1. The highest BCUT2D eigenvalue weighted by atomic mass is 19.1. The van der Waals surface area contributed by atoms with E-state index in [1.807, 2.05) is 12.1 Å². The zero-order chi connectivity index (χ0) is 26.7. The number of hydrogen-bond acceptors (Lipinski definition) is 3. The number of fused-ring (bicyclic) bond motifs is 8. The summed E-state index contributed by atoms with van der Waals surface area (Å²) in [6.07, 6.45) is -0.794. The van der Waals surface area contributed by atoms with Crippen molar-refractivity contribution in [1.29, 1.82) is 5.41 Å². The van der Waals surface area contributed by atoms with E-state index in [9.17, 15) is 22.4 Å². The predicted octanol–water partition coefficient (Wildman–Crippen LogP) is 5.65. The molecule has 2 atom stereocenters. The lowest BCUT2D eigenvalue weighted by molar-refractivity contribution is 0.0857. The van der Waals surface area contributed by atoms with Gasteiger partial charge in [-0.2, -0.15) is 0 Å². The highest BCUT2D eigenvalue weighted by Crippen LogP contribution is 2.54. The minimum Gasteiger partial charge on any atom is -0.384 e. The van der Waals surface area contributed by atoms with Crippen molar-refractivity contribution in [3.05, 3.63) is 129 Å². The molecule has 0 radical (unpaired) electrons. The molecule has 0 saturated heterocycles. The highest BCUT2D eigenvalue weighted by molar-refractivity contribution is 5.96. The average molecular weight is 517 g/mol. The van der Waals surface area contributed by atoms with Crippen LogP contribution in [0.15, 0.2) is 66.7 Å². The Balaban J connectivity index is 1.24. The van der Waals surface area contributed by atoms with Crippen molar-refractivity contribution in [3.63, 3.8) is 0 Å². The number of hydrogen-bond donors (Lipinski definition) is 3. The number of rotatable bonds is 5. The zero-order valence-electron chi connectivity index (χ0n) is 19.6. The summed E-state index contributed by atoms with van der Waals surface area (Å²) in [4.78, 5) is 12.9. The molecule has 0 fully saturated rings. The summed E-state index contributed by atoms with van der Waals surface area (Å²) in [5, 5.41) is 9.88. The van der Waals surface area contributed by atoms with Gasteiger partial charge in [0.15, 0.2) is 0 Å². The monoisotopic (exact) mass is 517 g/mol. The van der Waals surface area contributed by atoms with Gasteiger partial charge in [0.25, 0.3) is 5.91 Å². The Hall–Kier alpha value is -4.50. The molecule has 2 bridgehead atoms. The number of nitrogens with one attached hydrogen (secondary N) is 2. The molecular formula is C29H19F4N3O2. The van der Waals surface area contributed by atoms with Gasteiger partial charge in [-0.1, -0.05) is 18.2 Å². The minimum absolute atomic E-state index is 0.0844. The van der Waals surface area contributed by atoms with Crippen LogP contribution in [-0.2, 0) is 11.3 Å². The first-order valence-electron chi connectivity index (χ1n) is 11.7. The van der Waals surface area contributed by atoms with E-state index < -0.39 is 41.1 Å². The summed E-state index contributed by atoms with van der Waals surface area (Å²) in [6.45, 7) is -0.269. The van der Waals surface area contributed by atoms with Crippen molar-refractivity contribution >= 4 is 11.7 Å². The van der Waals surface area contributed by atoms with E-state index in [1.54, 1.807) is 24.3 Å². The molecule has 9 heteroatoms. The molecule has 0 aromatic heterocycles. The Labute approximate surface area is 214 Å². The van der Waals surface area contributed by atoms with Crippen LogP contribution in [0.25, 0.3) is 11.1 Å². The van der Waals surface area contributed by atoms with E-state index in [2.05, 4.69) is 5.32 Å². The fourth-order valence-electron chi connectivity index (χ4n) is 5.09. The van der Waals surface area contributed by atoms with Gasteiger partial charge >= 0.3 is 0 Å². The third-order valence-corrected chi connectivity index (χ3v) is 6.95.